The highest BCUT2D eigenvalue weighted by molar-refractivity contribution is 9.10. The van der Waals surface area contributed by atoms with E-state index in [0.29, 0.717) is 17.9 Å². The molecule has 0 bridgehead atoms. The van der Waals surface area contributed by atoms with E-state index in [0.717, 1.165) is 16.5 Å². The summed E-state index contributed by atoms with van der Waals surface area (Å²) >= 11 is 3.34. The van der Waals surface area contributed by atoms with E-state index in [-0.39, 0.29) is 5.84 Å². The fraction of sp³-hybridized carbons (Fsp3) is 0.143. The zero-order valence-electron chi connectivity index (χ0n) is 10.7. The zero-order chi connectivity index (χ0) is 14.4. The summed E-state index contributed by atoms with van der Waals surface area (Å²) in [6, 6.07) is 9.25. The highest BCUT2D eigenvalue weighted by atomic mass is 79.9. The first-order chi connectivity index (χ1) is 9.70. The van der Waals surface area contributed by atoms with Crippen LogP contribution in [0.2, 0.25) is 0 Å². The number of amidine groups is 1. The van der Waals surface area contributed by atoms with Gasteiger partial charge in [0.2, 0.25) is 0 Å². The van der Waals surface area contributed by atoms with Gasteiger partial charge in [-0.25, -0.2) is 0 Å². The molecular formula is C14H14BrN3O2. The van der Waals surface area contributed by atoms with Crippen LogP contribution in [0.25, 0.3) is 0 Å². The van der Waals surface area contributed by atoms with Crippen molar-refractivity contribution >= 4 is 21.8 Å². The van der Waals surface area contributed by atoms with Gasteiger partial charge in [-0.3, -0.25) is 4.98 Å². The number of rotatable bonds is 5. The Labute approximate surface area is 125 Å². The Kier molecular flexibility index (Phi) is 4.95. The number of nitrogens with zero attached hydrogens (tertiary/aromatic N) is 2. The van der Waals surface area contributed by atoms with Crippen molar-refractivity contribution in [2.24, 2.45) is 10.9 Å². The summed E-state index contributed by atoms with van der Waals surface area (Å²) in [5, 5.41) is 11.8. The maximum absolute atomic E-state index is 8.79. The molecule has 3 N–H and O–H groups in total. The Morgan fingerprint density at radius 3 is 2.75 bits per heavy atom. The van der Waals surface area contributed by atoms with Crippen LogP contribution in [0.5, 0.6) is 5.75 Å². The standard InChI is InChI=1S/C14H14BrN3O2/c15-11-1-2-13(12(9-11)14(16)18-19)20-8-5-10-3-6-17-7-4-10/h1-4,6-7,9,19H,5,8H2,(H2,16,18). The van der Waals surface area contributed by atoms with Crippen molar-refractivity contribution in [1.29, 1.82) is 0 Å². The number of benzene rings is 1. The quantitative estimate of drug-likeness (QED) is 0.381. The normalized spacial score (nSPS) is 11.3. The van der Waals surface area contributed by atoms with Gasteiger partial charge in [-0.1, -0.05) is 21.1 Å². The fourth-order valence-electron chi connectivity index (χ4n) is 1.71. The Morgan fingerprint density at radius 2 is 2.05 bits per heavy atom. The number of ether oxygens (including phenoxy) is 1. The smallest absolute Gasteiger partial charge is 0.173 e. The number of oxime groups is 1. The summed E-state index contributed by atoms with van der Waals surface area (Å²) in [4.78, 5) is 3.96. The topological polar surface area (TPSA) is 80.7 Å². The van der Waals surface area contributed by atoms with Crippen LogP contribution in [-0.4, -0.2) is 22.6 Å². The first-order valence-corrected chi connectivity index (χ1v) is 6.79. The number of halogens is 1. The van der Waals surface area contributed by atoms with E-state index in [1.807, 2.05) is 18.2 Å². The molecule has 1 heterocycles. The molecule has 0 aliphatic carbocycles. The van der Waals surface area contributed by atoms with E-state index < -0.39 is 0 Å². The molecule has 0 saturated carbocycles. The molecular weight excluding hydrogens is 322 g/mol. The maximum atomic E-state index is 8.79. The molecule has 2 rings (SSSR count). The van der Waals surface area contributed by atoms with Crippen LogP contribution >= 0.6 is 15.9 Å². The van der Waals surface area contributed by atoms with Gasteiger partial charge in [0, 0.05) is 23.3 Å². The molecule has 1 aromatic carbocycles. The molecule has 0 saturated heterocycles. The van der Waals surface area contributed by atoms with Gasteiger partial charge in [-0.2, -0.15) is 0 Å². The Hall–Kier alpha value is -2.08. The van der Waals surface area contributed by atoms with Crippen molar-refractivity contribution in [3.8, 4) is 5.75 Å². The van der Waals surface area contributed by atoms with E-state index >= 15 is 0 Å². The van der Waals surface area contributed by atoms with Gasteiger partial charge in [0.15, 0.2) is 5.84 Å². The van der Waals surface area contributed by atoms with Crippen LogP contribution in [0.15, 0.2) is 52.4 Å². The van der Waals surface area contributed by atoms with Gasteiger partial charge < -0.3 is 15.7 Å². The van der Waals surface area contributed by atoms with Gasteiger partial charge >= 0.3 is 0 Å². The number of pyridine rings is 1. The van der Waals surface area contributed by atoms with Crippen LogP contribution in [-0.2, 0) is 6.42 Å². The van der Waals surface area contributed by atoms with E-state index in [1.165, 1.54) is 0 Å². The van der Waals surface area contributed by atoms with E-state index in [2.05, 4.69) is 26.1 Å². The molecule has 0 radical (unpaired) electrons. The van der Waals surface area contributed by atoms with Crippen molar-refractivity contribution in [2.75, 3.05) is 6.61 Å². The molecule has 0 fully saturated rings. The zero-order valence-corrected chi connectivity index (χ0v) is 12.2. The SMILES string of the molecule is N/C(=N/O)c1cc(Br)ccc1OCCc1ccncc1. The van der Waals surface area contributed by atoms with Gasteiger partial charge in [-0.05, 0) is 35.9 Å². The Bertz CT molecular complexity index is 603. The molecule has 2 aromatic rings. The molecule has 0 amide bonds. The van der Waals surface area contributed by atoms with Crippen molar-refractivity contribution in [3.63, 3.8) is 0 Å². The summed E-state index contributed by atoms with van der Waals surface area (Å²) < 4.78 is 6.54. The first-order valence-electron chi connectivity index (χ1n) is 6.00. The van der Waals surface area contributed by atoms with Crippen LogP contribution in [0.1, 0.15) is 11.1 Å². The molecule has 0 aliphatic rings. The molecule has 6 heteroatoms. The molecule has 104 valence electrons. The highest BCUT2D eigenvalue weighted by Gasteiger charge is 2.09. The Balaban J connectivity index is 2.06. The van der Waals surface area contributed by atoms with Gasteiger partial charge in [0.05, 0.1) is 12.2 Å². The predicted octanol–water partition coefficient (Wildman–Crippen LogP) is 2.56. The minimum atomic E-state index is 0.0187. The summed E-state index contributed by atoms with van der Waals surface area (Å²) in [5.41, 5.74) is 7.33. The van der Waals surface area contributed by atoms with Crippen LogP contribution in [0.3, 0.4) is 0 Å². The summed E-state index contributed by atoms with van der Waals surface area (Å²) in [6.07, 6.45) is 4.25. The fourth-order valence-corrected chi connectivity index (χ4v) is 2.07. The van der Waals surface area contributed by atoms with Gasteiger partial charge in [-0.15, -0.1) is 0 Å². The van der Waals surface area contributed by atoms with Gasteiger partial charge in [0.25, 0.3) is 0 Å². The molecule has 0 unspecified atom stereocenters. The molecule has 0 spiro atoms. The van der Waals surface area contributed by atoms with Crippen molar-refractivity contribution in [1.82, 2.24) is 4.98 Å². The van der Waals surface area contributed by atoms with Crippen molar-refractivity contribution in [2.45, 2.75) is 6.42 Å². The molecule has 0 aliphatic heterocycles. The monoisotopic (exact) mass is 335 g/mol. The van der Waals surface area contributed by atoms with Crippen LogP contribution in [0, 0.1) is 0 Å². The Morgan fingerprint density at radius 1 is 1.30 bits per heavy atom. The van der Waals surface area contributed by atoms with Gasteiger partial charge in [0.1, 0.15) is 5.75 Å². The number of nitrogens with two attached hydrogens (primary N) is 1. The number of hydrogen-bond donors (Lipinski definition) is 2. The number of hydrogen-bond acceptors (Lipinski definition) is 4. The first kappa shape index (κ1) is 14.3. The number of aromatic nitrogens is 1. The van der Waals surface area contributed by atoms with E-state index in [4.69, 9.17) is 15.7 Å². The van der Waals surface area contributed by atoms with Crippen LogP contribution < -0.4 is 10.5 Å². The second-order valence-corrected chi connectivity index (χ2v) is 5.00. The predicted molar refractivity (Wildman–Crippen MR) is 80.1 cm³/mol. The molecule has 1 aromatic heterocycles. The third-order valence-corrected chi connectivity index (χ3v) is 3.22. The molecule has 5 nitrogen and oxygen atoms in total. The highest BCUT2D eigenvalue weighted by Crippen LogP contribution is 2.23. The summed E-state index contributed by atoms with van der Waals surface area (Å²) in [5.74, 6) is 0.600. The largest absolute Gasteiger partial charge is 0.492 e. The third-order valence-electron chi connectivity index (χ3n) is 2.72. The average molecular weight is 336 g/mol. The molecule has 20 heavy (non-hydrogen) atoms. The van der Waals surface area contributed by atoms with E-state index in [1.54, 1.807) is 24.5 Å². The second kappa shape index (κ2) is 6.91. The van der Waals surface area contributed by atoms with E-state index in [9.17, 15) is 0 Å². The third kappa shape index (κ3) is 3.71. The lowest BCUT2D eigenvalue weighted by Gasteiger charge is -2.11. The summed E-state index contributed by atoms with van der Waals surface area (Å²) in [7, 11) is 0. The van der Waals surface area contributed by atoms with Crippen LogP contribution in [0.4, 0.5) is 0 Å². The summed E-state index contributed by atoms with van der Waals surface area (Å²) in [6.45, 7) is 0.497. The maximum Gasteiger partial charge on any atom is 0.173 e. The average Bonchev–Trinajstić information content (AvgIpc) is 2.49. The molecule has 0 atom stereocenters. The lowest BCUT2D eigenvalue weighted by molar-refractivity contribution is 0.313. The van der Waals surface area contributed by atoms with Crippen molar-refractivity contribution in [3.05, 3.63) is 58.3 Å². The lowest BCUT2D eigenvalue weighted by Crippen LogP contribution is -2.15. The minimum Gasteiger partial charge on any atom is -0.492 e. The lowest BCUT2D eigenvalue weighted by atomic mass is 10.2. The minimum absolute atomic E-state index is 0.0187. The second-order valence-electron chi connectivity index (χ2n) is 4.08. The van der Waals surface area contributed by atoms with Crippen molar-refractivity contribution < 1.29 is 9.94 Å².